The number of hydrazone groups is 1. The van der Waals surface area contributed by atoms with Crippen LogP contribution in [-0.4, -0.2) is 16.4 Å². The van der Waals surface area contributed by atoms with Gasteiger partial charge in [-0.15, -0.1) is 0 Å². The van der Waals surface area contributed by atoms with Gasteiger partial charge in [-0.25, -0.2) is 4.39 Å². The Balaban J connectivity index is 1.83. The smallest absolute Gasteiger partial charge is 0.204 e. The van der Waals surface area contributed by atoms with Crippen LogP contribution < -0.4 is 10.9 Å². The number of hydrogen-bond donors (Lipinski definition) is 3. The van der Waals surface area contributed by atoms with E-state index in [2.05, 4.69) is 10.5 Å². The van der Waals surface area contributed by atoms with E-state index in [-0.39, 0.29) is 39.1 Å². The first kappa shape index (κ1) is 16.6. The topological polar surface area (TPSA) is 95.1 Å². The number of anilines is 1. The second-order valence-electron chi connectivity index (χ2n) is 5.84. The van der Waals surface area contributed by atoms with Gasteiger partial charge in [-0.2, -0.15) is 5.10 Å². The number of nitrogens with one attached hydrogen (secondary N) is 1. The molecule has 0 amide bonds. The molecule has 0 unspecified atom stereocenters. The Bertz CT molecular complexity index is 1260. The largest absolute Gasteiger partial charge is 0.508 e. The van der Waals surface area contributed by atoms with Crippen molar-refractivity contribution in [3.05, 3.63) is 76.2 Å². The van der Waals surface area contributed by atoms with Gasteiger partial charge in [-0.05, 0) is 24.3 Å². The molecule has 27 heavy (non-hydrogen) atoms. The highest BCUT2D eigenvalue weighted by molar-refractivity contribution is 6.01. The predicted molar refractivity (Wildman–Crippen MR) is 101 cm³/mol. The molecule has 0 aliphatic heterocycles. The molecule has 0 saturated heterocycles. The van der Waals surface area contributed by atoms with Crippen LogP contribution in [-0.2, 0) is 0 Å². The van der Waals surface area contributed by atoms with E-state index in [1.54, 1.807) is 30.3 Å². The fraction of sp³-hybridized carbons (Fsp3) is 0. The van der Waals surface area contributed by atoms with Crippen molar-refractivity contribution in [3.63, 3.8) is 0 Å². The van der Waals surface area contributed by atoms with Gasteiger partial charge in [0.2, 0.25) is 5.43 Å². The fourth-order valence-electron chi connectivity index (χ4n) is 2.81. The summed E-state index contributed by atoms with van der Waals surface area (Å²) in [7, 11) is 0. The number of benzene rings is 3. The molecule has 0 fully saturated rings. The highest BCUT2D eigenvalue weighted by atomic mass is 19.1. The third-order valence-corrected chi connectivity index (χ3v) is 4.06. The average Bonchev–Trinajstić information content (AvgIpc) is 2.63. The van der Waals surface area contributed by atoms with Gasteiger partial charge in [0.05, 0.1) is 17.3 Å². The summed E-state index contributed by atoms with van der Waals surface area (Å²) in [5, 5.41) is 23.8. The van der Waals surface area contributed by atoms with Gasteiger partial charge in [-0.1, -0.05) is 18.2 Å². The zero-order chi connectivity index (χ0) is 19.0. The number of para-hydroxylation sites is 2. The van der Waals surface area contributed by atoms with Crippen molar-refractivity contribution in [2.24, 2.45) is 5.10 Å². The molecule has 4 aromatic rings. The monoisotopic (exact) mass is 364 g/mol. The summed E-state index contributed by atoms with van der Waals surface area (Å²) >= 11 is 0. The number of aromatic hydroxyl groups is 2. The summed E-state index contributed by atoms with van der Waals surface area (Å²) in [4.78, 5) is 12.7. The molecular formula is C20H13FN2O4. The molecule has 1 heterocycles. The first-order chi connectivity index (χ1) is 13.0. The minimum Gasteiger partial charge on any atom is -0.508 e. The predicted octanol–water partition coefficient (Wildman–Crippen LogP) is 3.94. The Morgan fingerprint density at radius 2 is 1.89 bits per heavy atom. The molecule has 134 valence electrons. The maximum Gasteiger partial charge on any atom is 0.204 e. The van der Waals surface area contributed by atoms with Gasteiger partial charge < -0.3 is 14.6 Å². The summed E-state index contributed by atoms with van der Waals surface area (Å²) in [6, 6.07) is 13.3. The standard InChI is InChI=1S/C20H13FN2O4/c21-14-6-1-2-7-15(14)23-22-10-11-4-3-5-13-19(26)18-16(25)8-12(24)9-17(18)27-20(11)13/h1-10,23-25H/b22-10+. The van der Waals surface area contributed by atoms with Crippen LogP contribution in [0, 0.1) is 5.82 Å². The summed E-state index contributed by atoms with van der Waals surface area (Å²) in [5.41, 5.74) is 3.12. The van der Waals surface area contributed by atoms with E-state index >= 15 is 0 Å². The molecule has 0 aliphatic carbocycles. The van der Waals surface area contributed by atoms with E-state index in [1.807, 2.05) is 0 Å². The Hall–Kier alpha value is -3.87. The first-order valence-electron chi connectivity index (χ1n) is 8.00. The van der Waals surface area contributed by atoms with Crippen molar-refractivity contribution in [2.75, 3.05) is 5.43 Å². The molecule has 7 heteroatoms. The zero-order valence-corrected chi connectivity index (χ0v) is 13.8. The van der Waals surface area contributed by atoms with Crippen LogP contribution in [0.3, 0.4) is 0 Å². The summed E-state index contributed by atoms with van der Waals surface area (Å²) in [6.45, 7) is 0. The number of nitrogens with zero attached hydrogens (tertiary/aromatic N) is 1. The SMILES string of the molecule is O=c1c2cccc(/C=N/Nc3ccccc3F)c2oc2cc(O)cc(O)c12. The fourth-order valence-corrected chi connectivity index (χ4v) is 2.81. The van der Waals surface area contributed by atoms with E-state index in [1.165, 1.54) is 24.4 Å². The van der Waals surface area contributed by atoms with E-state index < -0.39 is 11.2 Å². The van der Waals surface area contributed by atoms with Crippen molar-refractivity contribution in [1.29, 1.82) is 0 Å². The Labute approximate surface area is 151 Å². The lowest BCUT2D eigenvalue weighted by Crippen LogP contribution is -2.04. The van der Waals surface area contributed by atoms with Gasteiger partial charge in [-0.3, -0.25) is 10.2 Å². The van der Waals surface area contributed by atoms with E-state index in [9.17, 15) is 19.4 Å². The van der Waals surface area contributed by atoms with Crippen LogP contribution in [0.25, 0.3) is 21.9 Å². The van der Waals surface area contributed by atoms with Gasteiger partial charge in [0.15, 0.2) is 0 Å². The molecule has 1 aromatic heterocycles. The lowest BCUT2D eigenvalue weighted by Gasteiger charge is -2.06. The lowest BCUT2D eigenvalue weighted by molar-refractivity contribution is 0.453. The number of phenolic OH excluding ortho intramolecular Hbond substituents is 2. The zero-order valence-electron chi connectivity index (χ0n) is 13.8. The number of hydrogen-bond acceptors (Lipinski definition) is 6. The summed E-state index contributed by atoms with van der Waals surface area (Å²) in [6.07, 6.45) is 1.40. The van der Waals surface area contributed by atoms with E-state index in [0.717, 1.165) is 6.07 Å². The maximum atomic E-state index is 13.6. The quantitative estimate of drug-likeness (QED) is 0.291. The second-order valence-corrected chi connectivity index (χ2v) is 5.84. The first-order valence-corrected chi connectivity index (χ1v) is 8.00. The Morgan fingerprint density at radius 3 is 2.70 bits per heavy atom. The van der Waals surface area contributed by atoms with Crippen LogP contribution in [0.15, 0.2) is 68.9 Å². The second kappa shape index (κ2) is 6.45. The number of fused-ring (bicyclic) bond motifs is 2. The third-order valence-electron chi connectivity index (χ3n) is 4.06. The normalized spacial score (nSPS) is 11.4. The van der Waals surface area contributed by atoms with Crippen molar-refractivity contribution < 1.29 is 19.0 Å². The highest BCUT2D eigenvalue weighted by Gasteiger charge is 2.14. The minimum atomic E-state index is -0.448. The maximum absolute atomic E-state index is 13.6. The molecule has 0 bridgehead atoms. The highest BCUT2D eigenvalue weighted by Crippen LogP contribution is 2.30. The van der Waals surface area contributed by atoms with Crippen LogP contribution in [0.5, 0.6) is 11.5 Å². The Kier molecular flexibility index (Phi) is 3.97. The molecule has 4 rings (SSSR count). The van der Waals surface area contributed by atoms with Gasteiger partial charge in [0.25, 0.3) is 0 Å². The van der Waals surface area contributed by atoms with Gasteiger partial charge in [0, 0.05) is 17.7 Å². The van der Waals surface area contributed by atoms with Crippen LogP contribution in [0.2, 0.25) is 0 Å². The molecule has 0 spiro atoms. The lowest BCUT2D eigenvalue weighted by atomic mass is 10.1. The molecule has 3 N–H and O–H groups in total. The average molecular weight is 364 g/mol. The van der Waals surface area contributed by atoms with Gasteiger partial charge in [0.1, 0.15) is 33.9 Å². The van der Waals surface area contributed by atoms with Crippen molar-refractivity contribution in [2.45, 2.75) is 0 Å². The summed E-state index contributed by atoms with van der Waals surface area (Å²) < 4.78 is 19.4. The van der Waals surface area contributed by atoms with Crippen LogP contribution >= 0.6 is 0 Å². The third kappa shape index (κ3) is 2.95. The number of halogens is 1. The molecule has 3 aromatic carbocycles. The van der Waals surface area contributed by atoms with E-state index in [4.69, 9.17) is 4.42 Å². The molecule has 6 nitrogen and oxygen atoms in total. The van der Waals surface area contributed by atoms with Crippen molar-refractivity contribution in [1.82, 2.24) is 0 Å². The van der Waals surface area contributed by atoms with Crippen molar-refractivity contribution >= 4 is 33.8 Å². The van der Waals surface area contributed by atoms with E-state index in [0.29, 0.717) is 5.56 Å². The van der Waals surface area contributed by atoms with Crippen molar-refractivity contribution in [3.8, 4) is 11.5 Å². The summed E-state index contributed by atoms with van der Waals surface area (Å²) in [5.74, 6) is -1.04. The number of phenols is 2. The molecule has 0 aliphatic rings. The number of rotatable bonds is 3. The minimum absolute atomic E-state index is 0.0149. The van der Waals surface area contributed by atoms with Crippen LogP contribution in [0.4, 0.5) is 10.1 Å². The molecule has 0 radical (unpaired) electrons. The van der Waals surface area contributed by atoms with Gasteiger partial charge >= 0.3 is 0 Å². The molecule has 0 atom stereocenters. The molecular weight excluding hydrogens is 351 g/mol. The molecule has 0 saturated carbocycles. The van der Waals surface area contributed by atoms with Crippen LogP contribution in [0.1, 0.15) is 5.56 Å². The Morgan fingerprint density at radius 1 is 1.07 bits per heavy atom.